The monoisotopic (exact) mass is 441 g/mol. The van der Waals surface area contributed by atoms with Gasteiger partial charge in [-0.1, -0.05) is 30.0 Å². The highest BCUT2D eigenvalue weighted by molar-refractivity contribution is 8.01. The molecule has 0 spiro atoms. The molecule has 0 radical (unpaired) electrons. The van der Waals surface area contributed by atoms with Gasteiger partial charge in [-0.3, -0.25) is 9.59 Å². The first-order valence-electron chi connectivity index (χ1n) is 9.87. The minimum atomic E-state index is -0.130. The number of ether oxygens (including phenoxy) is 1. The summed E-state index contributed by atoms with van der Waals surface area (Å²) in [5.74, 6) is 0.180. The first-order valence-corrected chi connectivity index (χ1v) is 11.7. The van der Waals surface area contributed by atoms with Gasteiger partial charge in [0.1, 0.15) is 0 Å². The van der Waals surface area contributed by atoms with E-state index in [0.29, 0.717) is 17.9 Å². The second-order valence-corrected chi connectivity index (χ2v) is 9.41. The zero-order valence-electron chi connectivity index (χ0n) is 16.6. The van der Waals surface area contributed by atoms with Crippen LogP contribution < -0.4 is 10.6 Å². The molecule has 1 fully saturated rings. The molecule has 6 nitrogen and oxygen atoms in total. The van der Waals surface area contributed by atoms with Gasteiger partial charge in [0, 0.05) is 24.4 Å². The van der Waals surface area contributed by atoms with Gasteiger partial charge in [0.25, 0.3) is 5.91 Å². The lowest BCUT2D eigenvalue weighted by Gasteiger charge is -2.09. The Balaban J connectivity index is 1.34. The molecule has 2 aromatic carbocycles. The zero-order chi connectivity index (χ0) is 20.9. The van der Waals surface area contributed by atoms with Crippen LogP contribution in [0.1, 0.15) is 28.8 Å². The fourth-order valence-electron chi connectivity index (χ4n) is 3.28. The topological polar surface area (TPSA) is 80.3 Å². The number of rotatable bonds is 7. The van der Waals surface area contributed by atoms with E-state index in [1.165, 1.54) is 23.1 Å². The molecule has 156 valence electrons. The standard InChI is InChI=1S/C22H23N3O3S2/c1-14-5-2-3-7-17(14)21(27)24-15-8-9-18-19(11-15)30-22(25-18)29-13-20(26)23-12-16-6-4-10-28-16/h2-3,5,7-9,11,16H,4,6,10,12-13H2,1H3,(H,23,26)(H,24,27)/t16-/m0/s1. The van der Waals surface area contributed by atoms with Crippen LogP contribution in [0.15, 0.2) is 46.8 Å². The normalized spacial score (nSPS) is 16.0. The number of aryl methyl sites for hydroxylation is 1. The molecule has 2 amide bonds. The summed E-state index contributed by atoms with van der Waals surface area (Å²) in [6.45, 7) is 3.28. The van der Waals surface area contributed by atoms with Gasteiger partial charge in [-0.25, -0.2) is 4.98 Å². The van der Waals surface area contributed by atoms with Gasteiger partial charge in [0.05, 0.1) is 22.1 Å². The number of thioether (sulfide) groups is 1. The van der Waals surface area contributed by atoms with Crippen molar-refractivity contribution in [3.05, 3.63) is 53.6 Å². The SMILES string of the molecule is Cc1ccccc1C(=O)Nc1ccc2nc(SCC(=O)NC[C@@H]3CCCO3)sc2c1. The number of benzene rings is 2. The Hall–Kier alpha value is -2.42. The Bertz CT molecular complexity index is 1060. The molecule has 3 aromatic rings. The van der Waals surface area contributed by atoms with Crippen molar-refractivity contribution in [2.45, 2.75) is 30.2 Å². The van der Waals surface area contributed by atoms with Gasteiger partial charge in [-0.05, 0) is 49.6 Å². The summed E-state index contributed by atoms with van der Waals surface area (Å²) >= 11 is 2.94. The van der Waals surface area contributed by atoms with E-state index in [-0.39, 0.29) is 17.9 Å². The average molecular weight is 442 g/mol. The Morgan fingerprint density at radius 3 is 2.93 bits per heavy atom. The Morgan fingerprint density at radius 1 is 1.27 bits per heavy atom. The number of carbonyl (C=O) groups excluding carboxylic acids is 2. The third-order valence-electron chi connectivity index (χ3n) is 4.89. The minimum absolute atomic E-state index is 0.0130. The highest BCUT2D eigenvalue weighted by atomic mass is 32.2. The van der Waals surface area contributed by atoms with E-state index in [2.05, 4.69) is 15.6 Å². The third-order valence-corrected chi connectivity index (χ3v) is 7.06. The molecule has 2 heterocycles. The highest BCUT2D eigenvalue weighted by Crippen LogP contribution is 2.31. The molecule has 4 rings (SSSR count). The first kappa shape index (κ1) is 20.8. The van der Waals surface area contributed by atoms with Crippen LogP contribution in [0.3, 0.4) is 0 Å². The van der Waals surface area contributed by atoms with E-state index in [1.807, 2.05) is 49.4 Å². The van der Waals surface area contributed by atoms with Gasteiger partial charge >= 0.3 is 0 Å². The maximum absolute atomic E-state index is 12.5. The van der Waals surface area contributed by atoms with E-state index in [9.17, 15) is 9.59 Å². The van der Waals surface area contributed by atoms with Crippen LogP contribution >= 0.6 is 23.1 Å². The molecule has 0 aliphatic carbocycles. The van der Waals surface area contributed by atoms with Crippen molar-refractivity contribution in [2.75, 3.05) is 24.2 Å². The van der Waals surface area contributed by atoms with E-state index in [4.69, 9.17) is 4.74 Å². The van der Waals surface area contributed by atoms with Crippen LogP contribution in [-0.4, -0.2) is 41.8 Å². The molecule has 1 saturated heterocycles. The van der Waals surface area contributed by atoms with Gasteiger partial charge in [-0.2, -0.15) is 0 Å². The van der Waals surface area contributed by atoms with Crippen molar-refractivity contribution in [1.82, 2.24) is 10.3 Å². The Labute approximate surface area is 183 Å². The van der Waals surface area contributed by atoms with Crippen molar-refractivity contribution in [3.8, 4) is 0 Å². The highest BCUT2D eigenvalue weighted by Gasteiger charge is 2.16. The zero-order valence-corrected chi connectivity index (χ0v) is 18.3. The maximum atomic E-state index is 12.5. The number of thiazole rings is 1. The van der Waals surface area contributed by atoms with E-state index in [0.717, 1.165) is 45.3 Å². The number of hydrogen-bond donors (Lipinski definition) is 2. The van der Waals surface area contributed by atoms with Crippen LogP contribution in [-0.2, 0) is 9.53 Å². The van der Waals surface area contributed by atoms with E-state index < -0.39 is 0 Å². The number of nitrogens with one attached hydrogen (secondary N) is 2. The molecule has 1 aromatic heterocycles. The minimum Gasteiger partial charge on any atom is -0.376 e. The van der Waals surface area contributed by atoms with Gasteiger partial charge in [0.15, 0.2) is 4.34 Å². The fraction of sp³-hybridized carbons (Fsp3) is 0.318. The predicted octanol–water partition coefficient (Wildman–Crippen LogP) is 4.24. The molecule has 2 N–H and O–H groups in total. The summed E-state index contributed by atoms with van der Waals surface area (Å²) in [6, 6.07) is 13.2. The number of aromatic nitrogens is 1. The quantitative estimate of drug-likeness (QED) is 0.536. The molecule has 0 saturated carbocycles. The van der Waals surface area contributed by atoms with Crippen LogP contribution in [0.5, 0.6) is 0 Å². The van der Waals surface area contributed by atoms with Gasteiger partial charge in [0.2, 0.25) is 5.91 Å². The number of amides is 2. The first-order chi connectivity index (χ1) is 14.6. The van der Waals surface area contributed by atoms with Gasteiger partial charge in [-0.15, -0.1) is 11.3 Å². The number of nitrogens with zero attached hydrogens (tertiary/aromatic N) is 1. The fourth-order valence-corrected chi connectivity index (χ4v) is 5.22. The number of anilines is 1. The van der Waals surface area contributed by atoms with E-state index in [1.54, 1.807) is 0 Å². The maximum Gasteiger partial charge on any atom is 0.255 e. The molecule has 1 atom stereocenters. The smallest absolute Gasteiger partial charge is 0.255 e. The largest absolute Gasteiger partial charge is 0.376 e. The molecular weight excluding hydrogens is 418 g/mol. The van der Waals surface area contributed by atoms with Crippen LogP contribution in [0.2, 0.25) is 0 Å². The summed E-state index contributed by atoms with van der Waals surface area (Å²) in [4.78, 5) is 29.2. The Kier molecular flexibility index (Phi) is 6.66. The van der Waals surface area contributed by atoms with Crippen molar-refractivity contribution >= 4 is 50.8 Å². The third kappa shape index (κ3) is 5.19. The lowest BCUT2D eigenvalue weighted by atomic mass is 10.1. The molecular formula is C22H23N3O3S2. The van der Waals surface area contributed by atoms with Crippen LogP contribution in [0.4, 0.5) is 5.69 Å². The molecule has 8 heteroatoms. The molecule has 1 aliphatic heterocycles. The van der Waals surface area contributed by atoms with Crippen molar-refractivity contribution in [1.29, 1.82) is 0 Å². The number of carbonyl (C=O) groups is 2. The summed E-state index contributed by atoms with van der Waals surface area (Å²) in [5.41, 5.74) is 3.18. The predicted molar refractivity (Wildman–Crippen MR) is 121 cm³/mol. The van der Waals surface area contributed by atoms with Crippen LogP contribution in [0, 0.1) is 6.92 Å². The molecule has 0 bridgehead atoms. The van der Waals surface area contributed by atoms with Crippen molar-refractivity contribution in [3.63, 3.8) is 0 Å². The molecule has 0 unspecified atom stereocenters. The van der Waals surface area contributed by atoms with E-state index >= 15 is 0 Å². The van der Waals surface area contributed by atoms with Crippen LogP contribution in [0.25, 0.3) is 10.2 Å². The average Bonchev–Trinajstić information content (AvgIpc) is 3.40. The number of hydrogen-bond acceptors (Lipinski definition) is 6. The summed E-state index contributed by atoms with van der Waals surface area (Å²) in [5, 5.41) is 5.88. The lowest BCUT2D eigenvalue weighted by molar-refractivity contribution is -0.119. The van der Waals surface area contributed by atoms with Crippen molar-refractivity contribution < 1.29 is 14.3 Å². The molecule has 30 heavy (non-hydrogen) atoms. The summed E-state index contributed by atoms with van der Waals surface area (Å²) < 4.78 is 7.32. The lowest BCUT2D eigenvalue weighted by Crippen LogP contribution is -2.32. The second kappa shape index (κ2) is 9.59. The number of fused-ring (bicyclic) bond motifs is 1. The molecule has 1 aliphatic rings. The summed E-state index contributed by atoms with van der Waals surface area (Å²) in [7, 11) is 0. The second-order valence-electron chi connectivity index (χ2n) is 7.16. The van der Waals surface area contributed by atoms with Crippen molar-refractivity contribution in [2.24, 2.45) is 0 Å². The Morgan fingerprint density at radius 2 is 2.13 bits per heavy atom. The summed E-state index contributed by atoms with van der Waals surface area (Å²) in [6.07, 6.45) is 2.22. The van der Waals surface area contributed by atoms with Gasteiger partial charge < -0.3 is 15.4 Å².